The van der Waals surface area contributed by atoms with Gasteiger partial charge in [0, 0.05) is 54.3 Å². The summed E-state index contributed by atoms with van der Waals surface area (Å²) < 4.78 is 14.1. The molecule has 0 saturated heterocycles. The number of nitrogens with zero attached hydrogens (tertiary/aromatic N) is 4. The monoisotopic (exact) mass is 404 g/mol. The molecule has 0 radical (unpaired) electrons. The Morgan fingerprint density at radius 3 is 2.60 bits per heavy atom. The molecule has 2 aliphatic rings. The number of aromatic nitrogens is 2. The van der Waals surface area contributed by atoms with E-state index in [9.17, 15) is 4.39 Å². The third-order valence-electron chi connectivity index (χ3n) is 6.24. The van der Waals surface area contributed by atoms with Crippen LogP contribution >= 0.6 is 0 Å². The van der Waals surface area contributed by atoms with E-state index in [4.69, 9.17) is 5.11 Å². The number of hydrogen-bond acceptors (Lipinski definition) is 5. The van der Waals surface area contributed by atoms with Gasteiger partial charge < -0.3 is 10.0 Å². The number of hydrogen-bond donors (Lipinski definition) is 1. The molecule has 1 N–H and O–H groups in total. The molecule has 1 fully saturated rings. The summed E-state index contributed by atoms with van der Waals surface area (Å²) in [5.74, 6) is 0.384. The van der Waals surface area contributed by atoms with Crippen LogP contribution in [0.3, 0.4) is 0 Å². The lowest BCUT2D eigenvalue weighted by Gasteiger charge is -2.20. The van der Waals surface area contributed by atoms with Gasteiger partial charge in [-0.05, 0) is 43.1 Å². The number of likely N-dealkylation sites (N-methyl/N-ethyl adjacent to an activating group) is 1. The Morgan fingerprint density at radius 2 is 1.90 bits per heavy atom. The van der Waals surface area contributed by atoms with Gasteiger partial charge in [-0.1, -0.05) is 30.3 Å². The smallest absolute Gasteiger partial charge is 0.229 e. The van der Waals surface area contributed by atoms with Gasteiger partial charge in [0.05, 0.1) is 6.61 Å². The first-order valence-corrected chi connectivity index (χ1v) is 10.4. The molecule has 1 saturated carbocycles. The van der Waals surface area contributed by atoms with Crippen molar-refractivity contribution in [1.82, 2.24) is 14.9 Å². The molecule has 0 atom stereocenters. The number of rotatable bonds is 6. The van der Waals surface area contributed by atoms with Crippen molar-refractivity contribution in [1.29, 1.82) is 0 Å². The maximum Gasteiger partial charge on any atom is 0.229 e. The molecule has 0 bridgehead atoms. The Balaban J connectivity index is 1.45. The Bertz CT molecular complexity index is 1070. The molecule has 1 aliphatic carbocycles. The summed E-state index contributed by atoms with van der Waals surface area (Å²) >= 11 is 0. The fourth-order valence-corrected chi connectivity index (χ4v) is 4.43. The fraction of sp³-hybridized carbons (Fsp3) is 0.333. The number of benzene rings is 2. The van der Waals surface area contributed by atoms with Gasteiger partial charge in [0.15, 0.2) is 0 Å². The highest BCUT2D eigenvalue weighted by Crippen LogP contribution is 2.57. The fourth-order valence-electron chi connectivity index (χ4n) is 4.43. The van der Waals surface area contributed by atoms with Gasteiger partial charge in [0.25, 0.3) is 0 Å². The van der Waals surface area contributed by atoms with Crippen molar-refractivity contribution in [2.24, 2.45) is 0 Å². The number of aliphatic hydroxyl groups is 1. The quantitative estimate of drug-likeness (QED) is 0.676. The molecule has 6 heteroatoms. The molecule has 1 aromatic heterocycles. The van der Waals surface area contributed by atoms with E-state index in [0.717, 1.165) is 13.1 Å². The summed E-state index contributed by atoms with van der Waals surface area (Å²) in [6.45, 7) is 2.46. The minimum Gasteiger partial charge on any atom is -0.395 e. The van der Waals surface area contributed by atoms with E-state index in [1.54, 1.807) is 24.5 Å². The van der Waals surface area contributed by atoms with Crippen LogP contribution in [0.2, 0.25) is 0 Å². The zero-order valence-corrected chi connectivity index (χ0v) is 17.1. The van der Waals surface area contributed by atoms with Crippen LogP contribution in [-0.4, -0.2) is 46.7 Å². The average Bonchev–Trinajstić information content (AvgIpc) is 3.46. The Labute approximate surface area is 175 Å². The third-order valence-corrected chi connectivity index (χ3v) is 6.24. The second kappa shape index (κ2) is 7.45. The highest BCUT2D eigenvalue weighted by Gasteiger charge is 2.52. The molecule has 30 heavy (non-hydrogen) atoms. The SMILES string of the molecule is CN(CCO)Cc1ccc2c(c1)N(c1ncc(-c3ccccc3F)cn1)CC21CC1. The number of anilines is 2. The molecular weight excluding hydrogens is 379 g/mol. The van der Waals surface area contributed by atoms with Gasteiger partial charge >= 0.3 is 0 Å². The van der Waals surface area contributed by atoms with Crippen LogP contribution in [0, 0.1) is 5.82 Å². The van der Waals surface area contributed by atoms with Gasteiger partial charge in [-0.2, -0.15) is 0 Å². The predicted molar refractivity (Wildman–Crippen MR) is 115 cm³/mol. The van der Waals surface area contributed by atoms with Gasteiger partial charge in [-0.15, -0.1) is 0 Å². The molecule has 0 unspecified atom stereocenters. The predicted octanol–water partition coefficient (Wildman–Crippen LogP) is 3.89. The molecular formula is C24H25FN4O. The van der Waals surface area contributed by atoms with Crippen LogP contribution in [0.25, 0.3) is 11.1 Å². The number of fused-ring (bicyclic) bond motifs is 2. The van der Waals surface area contributed by atoms with E-state index in [1.807, 2.05) is 13.1 Å². The minimum atomic E-state index is -0.269. The van der Waals surface area contributed by atoms with Gasteiger partial charge in [0.2, 0.25) is 5.95 Å². The largest absolute Gasteiger partial charge is 0.395 e. The topological polar surface area (TPSA) is 52.5 Å². The molecule has 3 aromatic rings. The first-order valence-electron chi connectivity index (χ1n) is 10.4. The van der Waals surface area contributed by atoms with E-state index in [0.29, 0.717) is 23.6 Å². The van der Waals surface area contributed by atoms with E-state index in [2.05, 4.69) is 38.0 Å². The zero-order chi connectivity index (χ0) is 20.7. The van der Waals surface area contributed by atoms with Crippen molar-refractivity contribution in [3.63, 3.8) is 0 Å². The normalized spacial score (nSPS) is 16.3. The lowest BCUT2D eigenvalue weighted by molar-refractivity contribution is 0.217. The maximum atomic E-state index is 14.1. The lowest BCUT2D eigenvalue weighted by Crippen LogP contribution is -2.22. The van der Waals surface area contributed by atoms with Crippen molar-refractivity contribution < 1.29 is 9.50 Å². The van der Waals surface area contributed by atoms with Crippen LogP contribution in [-0.2, 0) is 12.0 Å². The van der Waals surface area contributed by atoms with Crippen LogP contribution in [0.4, 0.5) is 16.0 Å². The van der Waals surface area contributed by atoms with Gasteiger partial charge in [-0.3, -0.25) is 4.90 Å². The van der Waals surface area contributed by atoms with Crippen molar-refractivity contribution in [3.8, 4) is 11.1 Å². The van der Waals surface area contributed by atoms with Crippen molar-refractivity contribution in [2.75, 3.05) is 31.6 Å². The first-order chi connectivity index (χ1) is 14.6. The molecule has 5 rings (SSSR count). The summed E-state index contributed by atoms with van der Waals surface area (Å²) in [6, 6.07) is 13.4. The summed E-state index contributed by atoms with van der Waals surface area (Å²) in [5.41, 5.74) is 5.16. The zero-order valence-electron chi connectivity index (χ0n) is 17.1. The third kappa shape index (κ3) is 3.36. The molecule has 1 spiro atoms. The number of aliphatic hydroxyl groups excluding tert-OH is 1. The van der Waals surface area contributed by atoms with E-state index < -0.39 is 0 Å². The molecule has 1 aliphatic heterocycles. The minimum absolute atomic E-state index is 0.152. The maximum absolute atomic E-state index is 14.1. The Morgan fingerprint density at radius 1 is 1.13 bits per heavy atom. The molecule has 154 valence electrons. The lowest BCUT2D eigenvalue weighted by atomic mass is 9.97. The first kappa shape index (κ1) is 19.2. The van der Waals surface area contributed by atoms with Gasteiger partial charge in [-0.25, -0.2) is 14.4 Å². The van der Waals surface area contributed by atoms with Crippen LogP contribution in [0.1, 0.15) is 24.0 Å². The summed E-state index contributed by atoms with van der Waals surface area (Å²) in [4.78, 5) is 13.5. The molecule has 2 heterocycles. The van der Waals surface area contributed by atoms with E-state index in [1.165, 1.54) is 35.7 Å². The average molecular weight is 404 g/mol. The Kier molecular flexibility index (Phi) is 4.76. The highest BCUT2D eigenvalue weighted by atomic mass is 19.1. The molecule has 2 aromatic carbocycles. The van der Waals surface area contributed by atoms with Gasteiger partial charge in [0.1, 0.15) is 5.82 Å². The van der Waals surface area contributed by atoms with E-state index >= 15 is 0 Å². The standard InChI is InChI=1S/C24H25FN4O/c1-28(10-11-30)15-17-6-7-20-22(12-17)29(16-24(20)8-9-24)23-26-13-18(14-27-23)19-4-2-3-5-21(19)25/h2-7,12-14,30H,8-11,15-16H2,1H3. The summed E-state index contributed by atoms with van der Waals surface area (Å²) in [7, 11) is 2.01. The van der Waals surface area contributed by atoms with Crippen molar-refractivity contribution in [2.45, 2.75) is 24.8 Å². The summed E-state index contributed by atoms with van der Waals surface area (Å²) in [5, 5.41) is 9.17. The second-order valence-electron chi connectivity index (χ2n) is 8.43. The van der Waals surface area contributed by atoms with Crippen molar-refractivity contribution in [3.05, 3.63) is 71.8 Å². The highest BCUT2D eigenvalue weighted by molar-refractivity contribution is 5.72. The van der Waals surface area contributed by atoms with Crippen LogP contribution in [0.5, 0.6) is 0 Å². The van der Waals surface area contributed by atoms with Crippen molar-refractivity contribution >= 4 is 11.6 Å². The van der Waals surface area contributed by atoms with Crippen LogP contribution in [0.15, 0.2) is 54.9 Å². The summed E-state index contributed by atoms with van der Waals surface area (Å²) in [6.07, 6.45) is 5.79. The Hall–Kier alpha value is -2.83. The van der Waals surface area contributed by atoms with Crippen LogP contribution < -0.4 is 4.90 Å². The molecule has 5 nitrogen and oxygen atoms in total. The molecule has 0 amide bonds. The second-order valence-corrected chi connectivity index (χ2v) is 8.43. The van der Waals surface area contributed by atoms with E-state index in [-0.39, 0.29) is 17.8 Å². The number of halogens is 1.